The van der Waals surface area contributed by atoms with Crippen molar-refractivity contribution < 1.29 is 0 Å². The fraction of sp³-hybridized carbons (Fsp3) is 0.692. The Hall–Kier alpha value is 0.140. The highest BCUT2D eigenvalue weighted by atomic mass is 79.9. The Morgan fingerprint density at radius 2 is 1.94 bits per heavy atom. The molecule has 0 spiro atoms. The van der Waals surface area contributed by atoms with Gasteiger partial charge in [0.25, 0.3) is 0 Å². The standard InChI is InChI=1S/C13H20BrNS/c14-12-9-16-8-11(12)13(15)7-10-5-3-1-2-4-6-10/h8-10,13H,1-7,15H2. The maximum absolute atomic E-state index is 6.30. The topological polar surface area (TPSA) is 26.0 Å². The van der Waals surface area contributed by atoms with Crippen LogP contribution in [0.1, 0.15) is 56.6 Å². The third kappa shape index (κ3) is 3.31. The van der Waals surface area contributed by atoms with E-state index < -0.39 is 0 Å². The van der Waals surface area contributed by atoms with Crippen LogP contribution in [-0.2, 0) is 0 Å². The van der Waals surface area contributed by atoms with Gasteiger partial charge in [0, 0.05) is 15.9 Å². The normalized spacial score (nSPS) is 20.6. The Kier molecular flexibility index (Phi) is 4.86. The highest BCUT2D eigenvalue weighted by Crippen LogP contribution is 2.33. The third-order valence-electron chi connectivity index (χ3n) is 3.60. The largest absolute Gasteiger partial charge is 0.324 e. The minimum atomic E-state index is 0.226. The van der Waals surface area contributed by atoms with Crippen molar-refractivity contribution in [3.05, 3.63) is 20.8 Å². The smallest absolute Gasteiger partial charge is 0.0330 e. The molecular weight excluding hydrogens is 282 g/mol. The molecular formula is C13H20BrNS. The Morgan fingerprint density at radius 1 is 1.25 bits per heavy atom. The van der Waals surface area contributed by atoms with Crippen molar-refractivity contribution in [2.24, 2.45) is 11.7 Å². The summed E-state index contributed by atoms with van der Waals surface area (Å²) in [5.74, 6) is 0.851. The first-order valence-electron chi connectivity index (χ1n) is 6.24. The monoisotopic (exact) mass is 301 g/mol. The van der Waals surface area contributed by atoms with Crippen LogP contribution in [0.2, 0.25) is 0 Å². The van der Waals surface area contributed by atoms with Gasteiger partial charge >= 0.3 is 0 Å². The molecule has 3 heteroatoms. The molecule has 16 heavy (non-hydrogen) atoms. The van der Waals surface area contributed by atoms with E-state index in [0.717, 1.165) is 12.3 Å². The molecule has 2 N–H and O–H groups in total. The number of thiophene rings is 1. The van der Waals surface area contributed by atoms with Gasteiger partial charge in [-0.05, 0) is 39.2 Å². The van der Waals surface area contributed by atoms with Gasteiger partial charge in [-0.25, -0.2) is 0 Å². The van der Waals surface area contributed by atoms with Gasteiger partial charge in [-0.3, -0.25) is 0 Å². The van der Waals surface area contributed by atoms with E-state index in [1.165, 1.54) is 48.6 Å². The number of rotatable bonds is 3. The number of halogens is 1. The van der Waals surface area contributed by atoms with Crippen LogP contribution >= 0.6 is 27.3 Å². The van der Waals surface area contributed by atoms with Crippen LogP contribution in [0.15, 0.2) is 15.2 Å². The van der Waals surface area contributed by atoms with Crippen molar-refractivity contribution in [2.45, 2.75) is 51.0 Å². The van der Waals surface area contributed by atoms with Crippen LogP contribution in [0.25, 0.3) is 0 Å². The van der Waals surface area contributed by atoms with Crippen molar-refractivity contribution in [1.82, 2.24) is 0 Å². The lowest BCUT2D eigenvalue weighted by Crippen LogP contribution is -2.15. The molecule has 1 aromatic rings. The average molecular weight is 302 g/mol. The average Bonchev–Trinajstić information content (AvgIpc) is 2.53. The van der Waals surface area contributed by atoms with Crippen molar-refractivity contribution in [3.63, 3.8) is 0 Å². The molecule has 0 saturated heterocycles. The second kappa shape index (κ2) is 6.18. The SMILES string of the molecule is NC(CC1CCCCCC1)c1cscc1Br. The van der Waals surface area contributed by atoms with Gasteiger partial charge in [0.1, 0.15) is 0 Å². The van der Waals surface area contributed by atoms with E-state index in [-0.39, 0.29) is 6.04 Å². The summed E-state index contributed by atoms with van der Waals surface area (Å²) in [4.78, 5) is 0. The van der Waals surface area contributed by atoms with Crippen molar-refractivity contribution in [1.29, 1.82) is 0 Å². The lowest BCUT2D eigenvalue weighted by molar-refractivity contribution is 0.393. The molecule has 1 heterocycles. The minimum absolute atomic E-state index is 0.226. The lowest BCUT2D eigenvalue weighted by Gasteiger charge is -2.19. The molecule has 1 atom stereocenters. The molecule has 1 aliphatic carbocycles. The van der Waals surface area contributed by atoms with Gasteiger partial charge in [-0.2, -0.15) is 11.3 Å². The van der Waals surface area contributed by atoms with Crippen LogP contribution < -0.4 is 5.73 Å². The first-order valence-corrected chi connectivity index (χ1v) is 7.98. The second-order valence-electron chi connectivity index (χ2n) is 4.87. The lowest BCUT2D eigenvalue weighted by atomic mass is 9.91. The van der Waals surface area contributed by atoms with Crippen molar-refractivity contribution >= 4 is 27.3 Å². The molecule has 0 aliphatic heterocycles. The summed E-state index contributed by atoms with van der Waals surface area (Å²) >= 11 is 5.31. The van der Waals surface area contributed by atoms with E-state index in [9.17, 15) is 0 Å². The quantitative estimate of drug-likeness (QED) is 0.792. The van der Waals surface area contributed by atoms with Crippen LogP contribution in [0, 0.1) is 5.92 Å². The van der Waals surface area contributed by atoms with Gasteiger partial charge in [-0.1, -0.05) is 38.5 Å². The Balaban J connectivity index is 1.91. The van der Waals surface area contributed by atoms with Gasteiger partial charge < -0.3 is 5.73 Å². The summed E-state index contributed by atoms with van der Waals surface area (Å²) in [5.41, 5.74) is 7.60. The molecule has 1 nitrogen and oxygen atoms in total. The van der Waals surface area contributed by atoms with Crippen molar-refractivity contribution in [2.75, 3.05) is 0 Å². The molecule has 0 radical (unpaired) electrons. The van der Waals surface area contributed by atoms with Crippen LogP contribution in [-0.4, -0.2) is 0 Å². The maximum Gasteiger partial charge on any atom is 0.0330 e. The first-order chi connectivity index (χ1) is 7.77. The van der Waals surface area contributed by atoms with E-state index in [1.807, 2.05) is 0 Å². The molecule has 0 aromatic carbocycles. The molecule has 90 valence electrons. The third-order valence-corrected chi connectivity index (χ3v) is 5.36. The molecule has 1 unspecified atom stereocenters. The minimum Gasteiger partial charge on any atom is -0.324 e. The zero-order valence-electron chi connectivity index (χ0n) is 9.62. The van der Waals surface area contributed by atoms with Gasteiger partial charge in [0.05, 0.1) is 0 Å². The Labute approximate surface area is 111 Å². The van der Waals surface area contributed by atoms with Crippen LogP contribution in [0.5, 0.6) is 0 Å². The summed E-state index contributed by atoms with van der Waals surface area (Å²) in [7, 11) is 0. The molecule has 2 rings (SSSR count). The second-order valence-corrected chi connectivity index (χ2v) is 6.47. The van der Waals surface area contributed by atoms with Gasteiger partial charge in [0.15, 0.2) is 0 Å². The van der Waals surface area contributed by atoms with E-state index in [4.69, 9.17) is 5.73 Å². The number of hydrogen-bond donors (Lipinski definition) is 1. The fourth-order valence-electron chi connectivity index (χ4n) is 2.64. The fourth-order valence-corrected chi connectivity index (χ4v) is 4.30. The molecule has 0 bridgehead atoms. The van der Waals surface area contributed by atoms with E-state index >= 15 is 0 Å². The summed E-state index contributed by atoms with van der Waals surface area (Å²) < 4.78 is 1.19. The zero-order chi connectivity index (χ0) is 11.4. The van der Waals surface area contributed by atoms with Crippen LogP contribution in [0.4, 0.5) is 0 Å². The van der Waals surface area contributed by atoms with Crippen LogP contribution in [0.3, 0.4) is 0 Å². The summed E-state index contributed by atoms with van der Waals surface area (Å²) in [6.45, 7) is 0. The van der Waals surface area contributed by atoms with E-state index in [0.29, 0.717) is 0 Å². The Morgan fingerprint density at radius 3 is 2.50 bits per heavy atom. The zero-order valence-corrected chi connectivity index (χ0v) is 12.0. The summed E-state index contributed by atoms with van der Waals surface area (Å²) in [6.07, 6.45) is 9.59. The summed E-state index contributed by atoms with van der Waals surface area (Å²) in [5, 5.41) is 4.31. The summed E-state index contributed by atoms with van der Waals surface area (Å²) in [6, 6.07) is 0.226. The predicted molar refractivity (Wildman–Crippen MR) is 74.8 cm³/mol. The van der Waals surface area contributed by atoms with Crippen molar-refractivity contribution in [3.8, 4) is 0 Å². The van der Waals surface area contributed by atoms with Gasteiger partial charge in [0.2, 0.25) is 0 Å². The first kappa shape index (κ1) is 12.6. The number of hydrogen-bond acceptors (Lipinski definition) is 2. The molecule has 0 amide bonds. The van der Waals surface area contributed by atoms with E-state index in [2.05, 4.69) is 26.7 Å². The van der Waals surface area contributed by atoms with E-state index in [1.54, 1.807) is 11.3 Å². The molecule has 1 aromatic heterocycles. The molecule has 1 fully saturated rings. The van der Waals surface area contributed by atoms with Gasteiger partial charge in [-0.15, -0.1) is 0 Å². The number of nitrogens with two attached hydrogens (primary N) is 1. The predicted octanol–water partition coefficient (Wildman–Crippen LogP) is 4.87. The highest BCUT2D eigenvalue weighted by Gasteiger charge is 2.18. The molecule has 1 aliphatic rings. The highest BCUT2D eigenvalue weighted by molar-refractivity contribution is 9.10. The maximum atomic E-state index is 6.30. The molecule has 1 saturated carbocycles. The Bertz CT molecular complexity index is 315.